The highest BCUT2D eigenvalue weighted by molar-refractivity contribution is 6.13. The van der Waals surface area contributed by atoms with Crippen LogP contribution in [-0.4, -0.2) is 7.05 Å². The highest BCUT2D eigenvalue weighted by atomic mass is 35.5. The molecule has 0 unspecified atom stereocenters. The summed E-state index contributed by atoms with van der Waals surface area (Å²) in [5, 5.41) is 3.13. The summed E-state index contributed by atoms with van der Waals surface area (Å²) >= 11 is 4.64. The first-order valence-corrected chi connectivity index (χ1v) is 1.15. The van der Waals surface area contributed by atoms with E-state index in [0.29, 0.717) is 0 Å². The average molecular weight is 78.5 g/mol. The van der Waals surface area contributed by atoms with Crippen LogP contribution in [0.25, 0.3) is 0 Å². The second kappa shape index (κ2) is 2.89. The van der Waals surface area contributed by atoms with E-state index in [2.05, 4.69) is 21.5 Å². The van der Waals surface area contributed by atoms with Gasteiger partial charge in [-0.25, -0.2) is 0 Å². The molecule has 0 aliphatic rings. The van der Waals surface area contributed by atoms with Gasteiger partial charge in [-0.3, -0.25) is 0 Å². The molecule has 0 spiro atoms. The third kappa shape index (κ3) is 1.89. The van der Waals surface area contributed by atoms with Crippen molar-refractivity contribution < 1.29 is 0 Å². The number of rotatable bonds is 0. The summed E-state index contributed by atoms with van der Waals surface area (Å²) in [6, 6.07) is 0. The molecule has 0 rings (SSSR count). The van der Waals surface area contributed by atoms with Crippen molar-refractivity contribution in [1.29, 1.82) is 0 Å². The molecule has 0 bridgehead atoms. The Kier molecular flexibility index (Phi) is 2.81. The highest BCUT2D eigenvalue weighted by Crippen LogP contribution is 1.69. The van der Waals surface area contributed by atoms with Crippen molar-refractivity contribution in [3.63, 3.8) is 0 Å². The molecule has 0 aromatic heterocycles. The van der Waals surface area contributed by atoms with Crippen LogP contribution in [0.1, 0.15) is 0 Å². The molecule has 0 atom stereocenters. The minimum absolute atomic E-state index is 1.51. The van der Waals surface area contributed by atoms with Crippen molar-refractivity contribution >= 4 is 11.8 Å². The first-order chi connectivity index (χ1) is 1.91. The van der Waals surface area contributed by atoms with Crippen molar-refractivity contribution in [2.75, 3.05) is 7.05 Å². The molecule has 0 aromatic rings. The normalized spacial score (nSPS) is 9.50. The molecule has 0 amide bonds. The number of hydrogen-bond donors (Lipinski definition) is 0. The number of nitrogens with zero attached hydrogens (tertiary/aromatic N) is 2. The summed E-state index contributed by atoms with van der Waals surface area (Å²) in [6.45, 7) is 0. The zero-order chi connectivity index (χ0) is 3.41. The molecule has 4 heavy (non-hydrogen) atoms. The summed E-state index contributed by atoms with van der Waals surface area (Å²) < 4.78 is 2.83. The van der Waals surface area contributed by atoms with Gasteiger partial charge in [0.15, 0.2) is 0 Å². The fourth-order valence-corrected chi connectivity index (χ4v) is 0. The fraction of sp³-hybridized carbons (Fsp3) is 1.00. The van der Waals surface area contributed by atoms with Gasteiger partial charge >= 0.3 is 0 Å². The lowest BCUT2D eigenvalue weighted by Crippen LogP contribution is -1.27. The van der Waals surface area contributed by atoms with E-state index >= 15 is 0 Å². The number of halogens is 1. The predicted octanol–water partition coefficient (Wildman–Crippen LogP) is 1.22. The van der Waals surface area contributed by atoms with Gasteiger partial charge in [0.25, 0.3) is 0 Å². The van der Waals surface area contributed by atoms with E-state index in [1.54, 1.807) is 0 Å². The van der Waals surface area contributed by atoms with Gasteiger partial charge in [-0.1, -0.05) is 4.63 Å². The molecule has 3 heteroatoms. The van der Waals surface area contributed by atoms with E-state index < -0.39 is 0 Å². The van der Waals surface area contributed by atoms with Crippen molar-refractivity contribution in [3.8, 4) is 0 Å². The van der Waals surface area contributed by atoms with Gasteiger partial charge in [0.1, 0.15) is 0 Å². The molecule has 0 aliphatic carbocycles. The zero-order valence-corrected chi connectivity index (χ0v) is 3.03. The molecule has 0 saturated heterocycles. The summed E-state index contributed by atoms with van der Waals surface area (Å²) in [6.07, 6.45) is 0. The van der Waals surface area contributed by atoms with Gasteiger partial charge in [0.05, 0.1) is 18.8 Å². The molecule has 0 heterocycles. The van der Waals surface area contributed by atoms with E-state index in [0.717, 1.165) is 0 Å². The lowest BCUT2D eigenvalue weighted by atomic mass is 11.6. The molecular weight excluding hydrogens is 75.5 g/mol. The van der Waals surface area contributed by atoms with Crippen LogP contribution >= 0.6 is 11.8 Å². The van der Waals surface area contributed by atoms with Crippen molar-refractivity contribution in [2.24, 2.45) is 9.75 Å². The van der Waals surface area contributed by atoms with Crippen LogP contribution in [0.3, 0.4) is 0 Å². The second-order valence-electron chi connectivity index (χ2n) is 0.276. The van der Waals surface area contributed by atoms with Crippen LogP contribution in [0.2, 0.25) is 0 Å². The van der Waals surface area contributed by atoms with Crippen LogP contribution < -0.4 is 0 Å². The maximum absolute atomic E-state index is 4.64. The lowest BCUT2D eigenvalue weighted by Gasteiger charge is -1.49. The average Bonchev–Trinajstić information content (AvgIpc) is 1.37. The highest BCUT2D eigenvalue weighted by Gasteiger charge is 1.35. The van der Waals surface area contributed by atoms with Gasteiger partial charge in [-0.15, -0.1) is 0 Å². The lowest BCUT2D eigenvalue weighted by molar-refractivity contribution is 1.25. The van der Waals surface area contributed by atoms with Crippen molar-refractivity contribution in [1.82, 2.24) is 0 Å². The van der Waals surface area contributed by atoms with E-state index in [4.69, 9.17) is 0 Å². The SMILES string of the molecule is C/N=N\Cl. The summed E-state index contributed by atoms with van der Waals surface area (Å²) in [5.41, 5.74) is 0. The maximum atomic E-state index is 4.64. The Labute approximate surface area is 29.6 Å². The Balaban J connectivity index is 2.55. The summed E-state index contributed by atoms with van der Waals surface area (Å²) in [5.74, 6) is 0. The molecule has 24 valence electrons. The topological polar surface area (TPSA) is 24.7 Å². The van der Waals surface area contributed by atoms with E-state index in [-0.39, 0.29) is 0 Å². The van der Waals surface area contributed by atoms with E-state index in [1.807, 2.05) is 0 Å². The largest absolute Gasteiger partial charge is 0.180 e. The Hall–Kier alpha value is -0.110. The molecule has 2 nitrogen and oxygen atoms in total. The summed E-state index contributed by atoms with van der Waals surface area (Å²) in [4.78, 5) is 0. The third-order valence-electron chi connectivity index (χ3n) is 0.0756. The molecule has 0 aromatic carbocycles. The molecular formula is CH3ClN2. The van der Waals surface area contributed by atoms with Crippen LogP contribution in [0, 0.1) is 0 Å². The van der Waals surface area contributed by atoms with Crippen LogP contribution in [0.15, 0.2) is 9.75 Å². The second-order valence-corrected chi connectivity index (χ2v) is 0.427. The van der Waals surface area contributed by atoms with Crippen LogP contribution in [0.5, 0.6) is 0 Å². The van der Waals surface area contributed by atoms with E-state index in [1.165, 1.54) is 7.05 Å². The Morgan fingerprint density at radius 2 is 2.00 bits per heavy atom. The van der Waals surface area contributed by atoms with Gasteiger partial charge < -0.3 is 0 Å². The summed E-state index contributed by atoms with van der Waals surface area (Å²) in [7, 11) is 1.51. The van der Waals surface area contributed by atoms with E-state index in [9.17, 15) is 0 Å². The first-order valence-electron chi connectivity index (χ1n) is 0.816. The maximum Gasteiger partial charge on any atom is 0.0599 e. The molecule has 0 saturated carbocycles. The minimum Gasteiger partial charge on any atom is -0.180 e. The quantitative estimate of drug-likeness (QED) is 0.389. The molecule has 0 radical (unpaired) electrons. The Morgan fingerprint density at radius 1 is 1.75 bits per heavy atom. The molecule has 0 fully saturated rings. The van der Waals surface area contributed by atoms with Gasteiger partial charge in [0, 0.05) is 0 Å². The van der Waals surface area contributed by atoms with Crippen LogP contribution in [-0.2, 0) is 0 Å². The Morgan fingerprint density at radius 3 is 2.00 bits per heavy atom. The third-order valence-corrected chi connectivity index (χ3v) is 0.227. The monoisotopic (exact) mass is 78.0 g/mol. The van der Waals surface area contributed by atoms with Crippen LogP contribution in [0.4, 0.5) is 0 Å². The molecule has 0 aliphatic heterocycles. The minimum atomic E-state index is 1.51. The van der Waals surface area contributed by atoms with Crippen molar-refractivity contribution in [2.45, 2.75) is 0 Å². The fourth-order valence-electron chi connectivity index (χ4n) is 0. The Bertz CT molecular complexity index is 21.2. The zero-order valence-electron chi connectivity index (χ0n) is 2.27. The number of hydrogen-bond acceptors (Lipinski definition) is 2. The first kappa shape index (κ1) is 3.89. The standard InChI is InChI=1S/CH3ClN2/c1-3-4-2/h1H3/b4-3-. The van der Waals surface area contributed by atoms with Gasteiger partial charge in [0.2, 0.25) is 0 Å². The van der Waals surface area contributed by atoms with Gasteiger partial charge in [-0.2, -0.15) is 5.11 Å². The molecule has 0 N–H and O–H groups in total. The predicted molar refractivity (Wildman–Crippen MR) is 16.6 cm³/mol. The van der Waals surface area contributed by atoms with Crippen molar-refractivity contribution in [3.05, 3.63) is 0 Å². The smallest absolute Gasteiger partial charge is 0.0599 e. The van der Waals surface area contributed by atoms with Gasteiger partial charge in [-0.05, 0) is 0 Å².